The van der Waals surface area contributed by atoms with Crippen LogP contribution in [-0.2, 0) is 0 Å². The van der Waals surface area contributed by atoms with Gasteiger partial charge in [0.15, 0.2) is 0 Å². The highest BCUT2D eigenvalue weighted by Crippen LogP contribution is 2.10. The van der Waals surface area contributed by atoms with Crippen molar-refractivity contribution in [2.75, 3.05) is 19.6 Å². The van der Waals surface area contributed by atoms with Gasteiger partial charge in [-0.2, -0.15) is 0 Å². The van der Waals surface area contributed by atoms with Crippen molar-refractivity contribution in [2.24, 2.45) is 0 Å². The van der Waals surface area contributed by atoms with Gasteiger partial charge in [0.2, 0.25) is 5.56 Å². The first-order valence-electron chi connectivity index (χ1n) is 6.92. The molecule has 5 heteroatoms. The van der Waals surface area contributed by atoms with E-state index in [2.05, 4.69) is 17.2 Å². The van der Waals surface area contributed by atoms with Crippen molar-refractivity contribution in [3.63, 3.8) is 0 Å². The summed E-state index contributed by atoms with van der Waals surface area (Å²) in [6.07, 6.45) is 4.73. The number of H-pyrrole nitrogens is 1. The average Bonchev–Trinajstić information content (AvgIpc) is 2.91. The lowest BCUT2D eigenvalue weighted by Crippen LogP contribution is -2.41. The Labute approximate surface area is 113 Å². The lowest BCUT2D eigenvalue weighted by Gasteiger charge is -2.25. The highest BCUT2D eigenvalue weighted by molar-refractivity contribution is 5.93. The molecule has 104 valence electrons. The van der Waals surface area contributed by atoms with Crippen LogP contribution in [0.4, 0.5) is 0 Å². The van der Waals surface area contributed by atoms with Crippen molar-refractivity contribution < 1.29 is 4.79 Å². The molecule has 0 bridgehead atoms. The monoisotopic (exact) mass is 263 g/mol. The molecule has 19 heavy (non-hydrogen) atoms. The van der Waals surface area contributed by atoms with E-state index in [-0.39, 0.29) is 11.5 Å². The van der Waals surface area contributed by atoms with Crippen LogP contribution in [-0.4, -0.2) is 41.5 Å². The summed E-state index contributed by atoms with van der Waals surface area (Å²) in [5.74, 6) is -0.00759. The fraction of sp³-hybridized carbons (Fsp3) is 0.571. The minimum Gasteiger partial charge on any atom is -0.337 e. The molecule has 2 N–H and O–H groups in total. The predicted molar refractivity (Wildman–Crippen MR) is 74.3 cm³/mol. The summed E-state index contributed by atoms with van der Waals surface area (Å²) in [5, 5.41) is 3.41. The van der Waals surface area contributed by atoms with E-state index >= 15 is 0 Å². The van der Waals surface area contributed by atoms with Crippen molar-refractivity contribution in [2.45, 2.75) is 32.2 Å². The Hall–Kier alpha value is -1.62. The van der Waals surface area contributed by atoms with Crippen LogP contribution >= 0.6 is 0 Å². The number of aromatic amines is 1. The normalized spacial score (nSPS) is 18.5. The minimum atomic E-state index is -0.184. The number of nitrogens with zero attached hydrogens (tertiary/aromatic N) is 1. The average molecular weight is 263 g/mol. The molecule has 1 amide bonds. The first-order chi connectivity index (χ1) is 9.20. The molecule has 1 unspecified atom stereocenters. The van der Waals surface area contributed by atoms with Gasteiger partial charge in [-0.25, -0.2) is 0 Å². The van der Waals surface area contributed by atoms with Crippen LogP contribution in [0.1, 0.15) is 36.5 Å². The van der Waals surface area contributed by atoms with Crippen LogP contribution in [0, 0.1) is 0 Å². The number of hydrogen-bond donors (Lipinski definition) is 2. The van der Waals surface area contributed by atoms with Crippen molar-refractivity contribution in [1.29, 1.82) is 0 Å². The zero-order valence-corrected chi connectivity index (χ0v) is 11.3. The van der Waals surface area contributed by atoms with E-state index < -0.39 is 0 Å². The standard InChI is InChI=1S/C14H21N3O2/c1-2-8-17(10-12-4-3-7-15-12)14(19)11-5-6-13(18)16-9-11/h5-6,9,12,15H,2-4,7-8,10H2,1H3,(H,16,18). The SMILES string of the molecule is CCCN(CC1CCCN1)C(=O)c1ccc(=O)[nH]c1. The maximum atomic E-state index is 12.4. The van der Waals surface area contributed by atoms with Crippen LogP contribution in [0.3, 0.4) is 0 Å². The van der Waals surface area contributed by atoms with E-state index in [4.69, 9.17) is 0 Å². The van der Waals surface area contributed by atoms with Gasteiger partial charge < -0.3 is 15.2 Å². The summed E-state index contributed by atoms with van der Waals surface area (Å²) in [5.41, 5.74) is 0.363. The van der Waals surface area contributed by atoms with E-state index in [1.807, 2.05) is 4.90 Å². The van der Waals surface area contributed by atoms with E-state index in [0.29, 0.717) is 11.6 Å². The fourth-order valence-electron chi connectivity index (χ4n) is 2.45. The Bertz CT molecular complexity index is 457. The van der Waals surface area contributed by atoms with Crippen molar-refractivity contribution >= 4 is 5.91 Å². The van der Waals surface area contributed by atoms with E-state index in [0.717, 1.165) is 32.5 Å². The highest BCUT2D eigenvalue weighted by Gasteiger charge is 2.21. The maximum absolute atomic E-state index is 12.4. The van der Waals surface area contributed by atoms with Gasteiger partial charge in [0.25, 0.3) is 5.91 Å². The van der Waals surface area contributed by atoms with E-state index in [1.54, 1.807) is 6.07 Å². The number of carbonyl (C=O) groups is 1. The number of carbonyl (C=O) groups excluding carboxylic acids is 1. The summed E-state index contributed by atoms with van der Waals surface area (Å²) in [7, 11) is 0. The Balaban J connectivity index is 2.06. The number of hydrogen-bond acceptors (Lipinski definition) is 3. The highest BCUT2D eigenvalue weighted by atomic mass is 16.2. The summed E-state index contributed by atoms with van der Waals surface area (Å²) in [4.78, 5) is 27.9. The van der Waals surface area contributed by atoms with Gasteiger partial charge in [0.05, 0.1) is 5.56 Å². The zero-order valence-electron chi connectivity index (χ0n) is 11.3. The topological polar surface area (TPSA) is 65.2 Å². The van der Waals surface area contributed by atoms with Gasteiger partial charge in [-0.15, -0.1) is 0 Å². The summed E-state index contributed by atoms with van der Waals surface area (Å²) in [6, 6.07) is 3.38. The third-order valence-electron chi connectivity index (χ3n) is 3.42. The van der Waals surface area contributed by atoms with Gasteiger partial charge in [-0.1, -0.05) is 6.92 Å². The quantitative estimate of drug-likeness (QED) is 0.832. The van der Waals surface area contributed by atoms with Gasteiger partial charge in [0, 0.05) is 31.4 Å². The van der Waals surface area contributed by atoms with Gasteiger partial charge >= 0.3 is 0 Å². The number of amides is 1. The number of pyridine rings is 1. The summed E-state index contributed by atoms with van der Waals surface area (Å²) < 4.78 is 0. The smallest absolute Gasteiger partial charge is 0.255 e. The van der Waals surface area contributed by atoms with Crippen molar-refractivity contribution in [1.82, 2.24) is 15.2 Å². The lowest BCUT2D eigenvalue weighted by atomic mass is 10.2. The fourth-order valence-corrected chi connectivity index (χ4v) is 2.45. The zero-order chi connectivity index (χ0) is 13.7. The summed E-state index contributed by atoms with van der Waals surface area (Å²) >= 11 is 0. The molecule has 0 aliphatic carbocycles. The Morgan fingerprint density at radius 3 is 2.89 bits per heavy atom. The van der Waals surface area contributed by atoms with Gasteiger partial charge in [0.1, 0.15) is 0 Å². The first kappa shape index (κ1) is 13.8. The van der Waals surface area contributed by atoms with Crippen LogP contribution in [0.15, 0.2) is 23.1 Å². The molecule has 1 aromatic heterocycles. The Morgan fingerprint density at radius 2 is 2.32 bits per heavy atom. The molecule has 1 aliphatic heterocycles. The molecule has 1 fully saturated rings. The Kier molecular flexibility index (Phi) is 4.74. The lowest BCUT2D eigenvalue weighted by molar-refractivity contribution is 0.0741. The molecule has 1 saturated heterocycles. The molecular weight excluding hydrogens is 242 g/mol. The molecule has 2 heterocycles. The van der Waals surface area contributed by atoms with Crippen molar-refractivity contribution in [3.8, 4) is 0 Å². The van der Waals surface area contributed by atoms with Gasteiger partial charge in [-0.3, -0.25) is 9.59 Å². The van der Waals surface area contributed by atoms with Gasteiger partial charge in [-0.05, 0) is 31.9 Å². The molecule has 0 aromatic carbocycles. The molecule has 2 rings (SSSR count). The predicted octanol–water partition coefficient (Wildman–Crippen LogP) is 0.979. The molecule has 1 aromatic rings. The molecule has 5 nitrogen and oxygen atoms in total. The molecule has 1 atom stereocenters. The molecule has 1 aliphatic rings. The minimum absolute atomic E-state index is 0.00759. The summed E-state index contributed by atoms with van der Waals surface area (Å²) in [6.45, 7) is 4.59. The molecule has 0 saturated carbocycles. The van der Waals surface area contributed by atoms with Crippen LogP contribution in [0.2, 0.25) is 0 Å². The van der Waals surface area contributed by atoms with Crippen LogP contribution in [0.25, 0.3) is 0 Å². The first-order valence-corrected chi connectivity index (χ1v) is 6.92. The number of nitrogens with one attached hydrogen (secondary N) is 2. The van der Waals surface area contributed by atoms with E-state index in [1.165, 1.54) is 18.7 Å². The number of aromatic nitrogens is 1. The third-order valence-corrected chi connectivity index (χ3v) is 3.42. The molecular formula is C14H21N3O2. The van der Waals surface area contributed by atoms with Crippen LogP contribution < -0.4 is 10.9 Å². The van der Waals surface area contributed by atoms with E-state index in [9.17, 15) is 9.59 Å². The number of rotatable bonds is 5. The maximum Gasteiger partial charge on any atom is 0.255 e. The molecule has 0 spiro atoms. The second-order valence-corrected chi connectivity index (χ2v) is 4.99. The molecule has 0 radical (unpaired) electrons. The third kappa shape index (κ3) is 3.67. The Morgan fingerprint density at radius 1 is 1.47 bits per heavy atom. The second kappa shape index (κ2) is 6.52. The second-order valence-electron chi connectivity index (χ2n) is 4.99. The largest absolute Gasteiger partial charge is 0.337 e. The van der Waals surface area contributed by atoms with Crippen molar-refractivity contribution in [3.05, 3.63) is 34.2 Å². The van der Waals surface area contributed by atoms with Crippen LogP contribution in [0.5, 0.6) is 0 Å².